The average Bonchev–Trinajstić information content (AvgIpc) is 2.74. The van der Waals surface area contributed by atoms with Crippen LogP contribution in [0.2, 0.25) is 0 Å². The third-order valence-corrected chi connectivity index (χ3v) is 5.46. The van der Waals surface area contributed by atoms with E-state index in [1.807, 2.05) is 11.9 Å². The van der Waals surface area contributed by atoms with Crippen molar-refractivity contribution in [3.05, 3.63) is 65.2 Å². The predicted octanol–water partition coefficient (Wildman–Crippen LogP) is 3.97. The Labute approximate surface area is 170 Å². The van der Waals surface area contributed by atoms with Crippen LogP contribution < -0.4 is 5.32 Å². The molecule has 2 aromatic carbocycles. The molecule has 0 bridgehead atoms. The highest BCUT2D eigenvalue weighted by Crippen LogP contribution is 2.23. The lowest BCUT2D eigenvalue weighted by molar-refractivity contribution is -0.115. The Balaban J connectivity index is 1.61. The van der Waals surface area contributed by atoms with Gasteiger partial charge in [0.25, 0.3) is 5.91 Å². The number of carboxylic acid groups (broad SMARTS) is 1. The summed E-state index contributed by atoms with van der Waals surface area (Å²) >= 11 is 0. The third kappa shape index (κ3) is 5.22. The van der Waals surface area contributed by atoms with E-state index in [0.717, 1.165) is 25.7 Å². The number of hydrogen-bond acceptors (Lipinski definition) is 3. The molecule has 6 nitrogen and oxygen atoms in total. The second-order valence-electron chi connectivity index (χ2n) is 7.47. The fourth-order valence-corrected chi connectivity index (χ4v) is 3.80. The molecular formula is C23H26N2O4. The Morgan fingerprint density at radius 3 is 2.31 bits per heavy atom. The van der Waals surface area contributed by atoms with E-state index in [1.54, 1.807) is 42.5 Å². The van der Waals surface area contributed by atoms with E-state index in [2.05, 4.69) is 5.32 Å². The van der Waals surface area contributed by atoms with Gasteiger partial charge in [-0.05, 0) is 48.7 Å². The molecule has 152 valence electrons. The lowest BCUT2D eigenvalue weighted by Gasteiger charge is -2.31. The van der Waals surface area contributed by atoms with Crippen molar-refractivity contribution < 1.29 is 19.5 Å². The van der Waals surface area contributed by atoms with Crippen LogP contribution >= 0.6 is 0 Å². The summed E-state index contributed by atoms with van der Waals surface area (Å²) in [5, 5.41) is 12.0. The van der Waals surface area contributed by atoms with Crippen molar-refractivity contribution in [2.75, 3.05) is 12.4 Å². The zero-order valence-electron chi connectivity index (χ0n) is 16.6. The number of aromatic carboxylic acids is 1. The van der Waals surface area contributed by atoms with E-state index in [1.165, 1.54) is 12.5 Å². The molecule has 0 atom stereocenters. The number of nitrogens with zero attached hydrogens (tertiary/aromatic N) is 1. The highest BCUT2D eigenvalue weighted by molar-refractivity contribution is 5.97. The summed E-state index contributed by atoms with van der Waals surface area (Å²) in [5.74, 6) is -1.37. The van der Waals surface area contributed by atoms with E-state index in [4.69, 9.17) is 0 Å². The Bertz CT molecular complexity index is 886. The molecule has 1 saturated carbocycles. The van der Waals surface area contributed by atoms with Crippen LogP contribution in [0.4, 0.5) is 5.69 Å². The molecule has 0 heterocycles. The van der Waals surface area contributed by atoms with Crippen LogP contribution in [0.5, 0.6) is 0 Å². The maximum atomic E-state index is 12.7. The van der Waals surface area contributed by atoms with Gasteiger partial charge in [0, 0.05) is 24.3 Å². The average molecular weight is 394 g/mol. The highest BCUT2D eigenvalue weighted by Gasteiger charge is 2.23. The number of anilines is 1. The van der Waals surface area contributed by atoms with Crippen molar-refractivity contribution in [1.82, 2.24) is 4.90 Å². The van der Waals surface area contributed by atoms with Crippen LogP contribution in [0, 0.1) is 0 Å². The van der Waals surface area contributed by atoms with E-state index < -0.39 is 5.97 Å². The number of carbonyl (C=O) groups is 3. The van der Waals surface area contributed by atoms with Gasteiger partial charge >= 0.3 is 5.97 Å². The molecule has 0 spiro atoms. The molecule has 6 heteroatoms. The van der Waals surface area contributed by atoms with Crippen LogP contribution in [0.25, 0.3) is 0 Å². The molecule has 2 N–H and O–H groups in total. The summed E-state index contributed by atoms with van der Waals surface area (Å²) < 4.78 is 0. The Hall–Kier alpha value is -3.15. The molecule has 0 aromatic heterocycles. The molecule has 0 saturated heterocycles. The second-order valence-corrected chi connectivity index (χ2v) is 7.47. The summed E-state index contributed by atoms with van der Waals surface area (Å²) in [6.45, 7) is 0. The first-order valence-corrected chi connectivity index (χ1v) is 9.94. The van der Waals surface area contributed by atoms with Crippen molar-refractivity contribution in [2.24, 2.45) is 0 Å². The minimum Gasteiger partial charge on any atom is -0.478 e. The van der Waals surface area contributed by atoms with Crippen molar-refractivity contribution >= 4 is 23.5 Å². The first-order chi connectivity index (χ1) is 14.0. The van der Waals surface area contributed by atoms with Crippen molar-refractivity contribution in [1.29, 1.82) is 0 Å². The number of hydrogen-bond donors (Lipinski definition) is 2. The Morgan fingerprint density at radius 2 is 1.66 bits per heavy atom. The van der Waals surface area contributed by atoms with Gasteiger partial charge in [0.2, 0.25) is 5.91 Å². The van der Waals surface area contributed by atoms with Gasteiger partial charge in [-0.1, -0.05) is 37.5 Å². The molecule has 0 aliphatic heterocycles. The number of benzene rings is 2. The standard InChI is InChI=1S/C23H26N2O4/c1-25(19-8-3-2-4-9-19)22(27)16-11-13-18(14-12-16)24-21(26)15-17-7-5-6-10-20(17)23(28)29/h5-7,10-14,19H,2-4,8-9,15H2,1H3,(H,24,26)(H,28,29). The summed E-state index contributed by atoms with van der Waals surface area (Å²) in [6.07, 6.45) is 5.64. The molecule has 1 fully saturated rings. The molecule has 2 aromatic rings. The van der Waals surface area contributed by atoms with Gasteiger partial charge < -0.3 is 15.3 Å². The first-order valence-electron chi connectivity index (χ1n) is 9.94. The largest absolute Gasteiger partial charge is 0.478 e. The maximum absolute atomic E-state index is 12.7. The summed E-state index contributed by atoms with van der Waals surface area (Å²) in [5.41, 5.74) is 1.74. The normalized spacial score (nSPS) is 14.2. The van der Waals surface area contributed by atoms with Crippen molar-refractivity contribution in [2.45, 2.75) is 44.6 Å². The van der Waals surface area contributed by atoms with Gasteiger partial charge in [0.05, 0.1) is 12.0 Å². The summed E-state index contributed by atoms with van der Waals surface area (Å²) in [7, 11) is 1.86. The maximum Gasteiger partial charge on any atom is 0.335 e. The smallest absolute Gasteiger partial charge is 0.335 e. The molecule has 0 unspecified atom stereocenters. The van der Waals surface area contributed by atoms with Gasteiger partial charge in [-0.2, -0.15) is 0 Å². The summed E-state index contributed by atoms with van der Waals surface area (Å²) in [4.78, 5) is 38.1. The van der Waals surface area contributed by atoms with Crippen molar-refractivity contribution in [3.8, 4) is 0 Å². The van der Waals surface area contributed by atoms with Gasteiger partial charge in [0.1, 0.15) is 0 Å². The quantitative estimate of drug-likeness (QED) is 0.776. The Kier molecular flexibility index (Phi) is 6.65. The molecule has 1 aliphatic carbocycles. The number of carbonyl (C=O) groups excluding carboxylic acids is 2. The van der Waals surface area contributed by atoms with Gasteiger partial charge in [0.15, 0.2) is 0 Å². The van der Waals surface area contributed by atoms with Gasteiger partial charge in [-0.25, -0.2) is 4.79 Å². The lowest BCUT2D eigenvalue weighted by Crippen LogP contribution is -2.38. The fourth-order valence-electron chi connectivity index (χ4n) is 3.80. The topological polar surface area (TPSA) is 86.7 Å². The first kappa shape index (κ1) is 20.6. The van der Waals surface area contributed by atoms with Crippen LogP contribution in [-0.4, -0.2) is 40.9 Å². The zero-order valence-corrected chi connectivity index (χ0v) is 16.6. The number of amides is 2. The fraction of sp³-hybridized carbons (Fsp3) is 0.348. The molecule has 0 radical (unpaired) electrons. The second kappa shape index (κ2) is 9.37. The van der Waals surface area contributed by atoms with E-state index in [9.17, 15) is 19.5 Å². The predicted molar refractivity (Wildman–Crippen MR) is 111 cm³/mol. The van der Waals surface area contributed by atoms with Crippen LogP contribution in [0.3, 0.4) is 0 Å². The third-order valence-electron chi connectivity index (χ3n) is 5.46. The molecule has 29 heavy (non-hydrogen) atoms. The zero-order chi connectivity index (χ0) is 20.8. The SMILES string of the molecule is CN(C(=O)c1ccc(NC(=O)Cc2ccccc2C(=O)O)cc1)C1CCCCC1. The van der Waals surface area contributed by atoms with Crippen molar-refractivity contribution in [3.63, 3.8) is 0 Å². The number of nitrogens with one attached hydrogen (secondary N) is 1. The van der Waals surface area contributed by atoms with Crippen LogP contribution in [-0.2, 0) is 11.2 Å². The lowest BCUT2D eigenvalue weighted by atomic mass is 9.94. The molecule has 3 rings (SSSR count). The van der Waals surface area contributed by atoms with E-state index in [-0.39, 0.29) is 23.8 Å². The molecular weight excluding hydrogens is 368 g/mol. The molecule has 1 aliphatic rings. The van der Waals surface area contributed by atoms with Crippen LogP contribution in [0.1, 0.15) is 58.4 Å². The Morgan fingerprint density at radius 1 is 1.00 bits per heavy atom. The summed E-state index contributed by atoms with van der Waals surface area (Å²) in [6, 6.07) is 13.6. The van der Waals surface area contributed by atoms with Gasteiger partial charge in [-0.15, -0.1) is 0 Å². The minimum atomic E-state index is -1.06. The number of rotatable bonds is 6. The number of carboxylic acids is 1. The van der Waals surface area contributed by atoms with E-state index >= 15 is 0 Å². The van der Waals surface area contributed by atoms with E-state index in [0.29, 0.717) is 22.9 Å². The van der Waals surface area contributed by atoms with Crippen LogP contribution in [0.15, 0.2) is 48.5 Å². The minimum absolute atomic E-state index is 0.00911. The highest BCUT2D eigenvalue weighted by atomic mass is 16.4. The monoisotopic (exact) mass is 394 g/mol. The van der Waals surface area contributed by atoms with Gasteiger partial charge in [-0.3, -0.25) is 9.59 Å². The molecule has 2 amide bonds.